The van der Waals surface area contributed by atoms with Gasteiger partial charge in [-0.05, 0) is 6.42 Å². The summed E-state index contributed by atoms with van der Waals surface area (Å²) in [7, 11) is 1.59. The van der Waals surface area contributed by atoms with Crippen molar-refractivity contribution in [3.8, 4) is 0 Å². The second kappa shape index (κ2) is 4.76. The second-order valence-corrected chi connectivity index (χ2v) is 3.07. The van der Waals surface area contributed by atoms with Crippen molar-refractivity contribution in [2.24, 2.45) is 0 Å². The third-order valence-electron chi connectivity index (χ3n) is 1.92. The molecule has 0 aliphatic carbocycles. The third kappa shape index (κ3) is 2.56. The fourth-order valence-corrected chi connectivity index (χ4v) is 1.28. The first-order valence-electron chi connectivity index (χ1n) is 4.57. The molecule has 0 saturated heterocycles. The van der Waals surface area contributed by atoms with E-state index in [9.17, 15) is 4.79 Å². The van der Waals surface area contributed by atoms with E-state index in [-0.39, 0.29) is 17.5 Å². The topological polar surface area (TPSA) is 81.0 Å². The average Bonchev–Trinajstić information content (AvgIpc) is 2.12. The molecule has 3 N–H and O–H groups in total. The molecular weight excluding hydrogens is 182 g/mol. The van der Waals surface area contributed by atoms with Gasteiger partial charge in [0.15, 0.2) is 0 Å². The highest BCUT2D eigenvalue weighted by molar-refractivity contribution is 5.25. The zero-order valence-electron chi connectivity index (χ0n) is 8.41. The minimum absolute atomic E-state index is 0.184. The lowest BCUT2D eigenvalue weighted by atomic mass is 10.2. The molecule has 1 rings (SSSR count). The van der Waals surface area contributed by atoms with Gasteiger partial charge in [0.05, 0.1) is 0 Å². The second-order valence-electron chi connectivity index (χ2n) is 3.07. The molecule has 1 aromatic heterocycles. The quantitative estimate of drug-likeness (QED) is 0.749. The first-order valence-corrected chi connectivity index (χ1v) is 4.57. The van der Waals surface area contributed by atoms with Gasteiger partial charge in [-0.15, -0.1) is 0 Å². The Morgan fingerprint density at radius 2 is 2.43 bits per heavy atom. The van der Waals surface area contributed by atoms with Crippen molar-refractivity contribution in [1.29, 1.82) is 0 Å². The maximum atomic E-state index is 11.1. The Balaban J connectivity index is 2.97. The van der Waals surface area contributed by atoms with Crippen LogP contribution in [-0.2, 0) is 4.74 Å². The van der Waals surface area contributed by atoms with Gasteiger partial charge in [-0.3, -0.25) is 4.79 Å². The molecule has 0 aliphatic heterocycles. The fourth-order valence-electron chi connectivity index (χ4n) is 1.28. The van der Waals surface area contributed by atoms with Crippen LogP contribution in [0.1, 0.15) is 31.7 Å². The SMILES string of the molecule is CCCC(OC)c1nc(N)cc(=O)[nH]1. The number of rotatable bonds is 4. The molecule has 1 aromatic rings. The highest BCUT2D eigenvalue weighted by atomic mass is 16.5. The van der Waals surface area contributed by atoms with E-state index in [2.05, 4.69) is 9.97 Å². The van der Waals surface area contributed by atoms with Gasteiger partial charge in [0, 0.05) is 13.2 Å². The molecule has 0 radical (unpaired) electrons. The van der Waals surface area contributed by atoms with Gasteiger partial charge in [0.1, 0.15) is 17.7 Å². The van der Waals surface area contributed by atoms with E-state index in [0.717, 1.165) is 12.8 Å². The predicted molar refractivity (Wildman–Crippen MR) is 53.9 cm³/mol. The summed E-state index contributed by atoms with van der Waals surface area (Å²) in [6.45, 7) is 2.04. The van der Waals surface area contributed by atoms with Gasteiger partial charge in [-0.2, -0.15) is 0 Å². The van der Waals surface area contributed by atoms with Gasteiger partial charge in [-0.1, -0.05) is 13.3 Å². The molecule has 0 aromatic carbocycles. The molecule has 0 aliphatic rings. The first-order chi connectivity index (χ1) is 6.67. The molecule has 0 saturated carbocycles. The summed E-state index contributed by atoms with van der Waals surface area (Å²) in [6, 6.07) is 1.25. The smallest absolute Gasteiger partial charge is 0.253 e. The van der Waals surface area contributed by atoms with Crippen molar-refractivity contribution in [3.05, 3.63) is 22.2 Å². The van der Waals surface area contributed by atoms with E-state index in [1.165, 1.54) is 6.07 Å². The fraction of sp³-hybridized carbons (Fsp3) is 0.556. The number of hydrogen-bond donors (Lipinski definition) is 2. The number of aromatic nitrogens is 2. The van der Waals surface area contributed by atoms with Gasteiger partial charge in [0.2, 0.25) is 0 Å². The Morgan fingerprint density at radius 3 is 2.93 bits per heavy atom. The zero-order valence-corrected chi connectivity index (χ0v) is 8.41. The van der Waals surface area contributed by atoms with Gasteiger partial charge in [0.25, 0.3) is 5.56 Å². The number of nitrogens with two attached hydrogens (primary N) is 1. The largest absolute Gasteiger partial charge is 0.383 e. The lowest BCUT2D eigenvalue weighted by Crippen LogP contribution is -2.16. The lowest BCUT2D eigenvalue weighted by molar-refractivity contribution is 0.0875. The van der Waals surface area contributed by atoms with Crippen LogP contribution in [0.25, 0.3) is 0 Å². The Hall–Kier alpha value is -1.36. The van der Waals surface area contributed by atoms with Gasteiger partial charge < -0.3 is 15.5 Å². The van der Waals surface area contributed by atoms with E-state index in [4.69, 9.17) is 10.5 Å². The van der Waals surface area contributed by atoms with E-state index in [0.29, 0.717) is 5.82 Å². The number of hydrogen-bond acceptors (Lipinski definition) is 4. The normalized spacial score (nSPS) is 12.7. The van der Waals surface area contributed by atoms with Crippen LogP contribution in [0.15, 0.2) is 10.9 Å². The molecule has 0 bridgehead atoms. The van der Waals surface area contributed by atoms with Gasteiger partial charge in [-0.25, -0.2) is 4.98 Å². The molecular formula is C9H15N3O2. The Morgan fingerprint density at radius 1 is 1.71 bits per heavy atom. The third-order valence-corrected chi connectivity index (χ3v) is 1.92. The van der Waals surface area contributed by atoms with Crippen molar-refractivity contribution >= 4 is 5.82 Å². The van der Waals surface area contributed by atoms with E-state index in [1.807, 2.05) is 6.92 Å². The molecule has 14 heavy (non-hydrogen) atoms. The Labute approximate surface area is 82.3 Å². The van der Waals surface area contributed by atoms with Crippen LogP contribution in [-0.4, -0.2) is 17.1 Å². The number of nitrogen functional groups attached to an aromatic ring is 1. The summed E-state index contributed by atoms with van der Waals surface area (Å²) in [5.41, 5.74) is 5.22. The van der Waals surface area contributed by atoms with Crippen molar-refractivity contribution in [3.63, 3.8) is 0 Å². The Bertz CT molecular complexity index is 348. The van der Waals surface area contributed by atoms with Crippen molar-refractivity contribution < 1.29 is 4.74 Å². The minimum atomic E-state index is -0.245. The summed E-state index contributed by atoms with van der Waals surface area (Å²) in [5, 5.41) is 0. The summed E-state index contributed by atoms with van der Waals surface area (Å²) in [6.07, 6.45) is 1.58. The molecule has 78 valence electrons. The van der Waals surface area contributed by atoms with Crippen LogP contribution in [0.5, 0.6) is 0 Å². The summed E-state index contributed by atoms with van der Waals surface area (Å²) >= 11 is 0. The molecule has 5 heteroatoms. The molecule has 0 amide bonds. The number of anilines is 1. The molecule has 5 nitrogen and oxygen atoms in total. The van der Waals surface area contributed by atoms with Crippen molar-refractivity contribution in [1.82, 2.24) is 9.97 Å². The number of methoxy groups -OCH3 is 1. The van der Waals surface area contributed by atoms with E-state index < -0.39 is 0 Å². The number of ether oxygens (including phenoxy) is 1. The monoisotopic (exact) mass is 197 g/mol. The molecule has 0 fully saturated rings. The summed E-state index contributed by atoms with van der Waals surface area (Å²) in [5.74, 6) is 0.723. The molecule has 1 unspecified atom stereocenters. The Kier molecular flexibility index (Phi) is 3.64. The average molecular weight is 197 g/mol. The number of nitrogens with zero attached hydrogens (tertiary/aromatic N) is 1. The van der Waals surface area contributed by atoms with Crippen LogP contribution < -0.4 is 11.3 Å². The summed E-state index contributed by atoms with van der Waals surface area (Å²) in [4.78, 5) is 17.7. The number of H-pyrrole nitrogens is 1. The van der Waals surface area contributed by atoms with Crippen molar-refractivity contribution in [2.45, 2.75) is 25.9 Å². The van der Waals surface area contributed by atoms with Gasteiger partial charge >= 0.3 is 0 Å². The summed E-state index contributed by atoms with van der Waals surface area (Å²) < 4.78 is 5.20. The van der Waals surface area contributed by atoms with Crippen LogP contribution in [0.4, 0.5) is 5.82 Å². The van der Waals surface area contributed by atoms with E-state index >= 15 is 0 Å². The van der Waals surface area contributed by atoms with Crippen LogP contribution in [0.3, 0.4) is 0 Å². The zero-order chi connectivity index (χ0) is 10.6. The predicted octanol–water partition coefficient (Wildman–Crippen LogP) is 0.840. The number of nitrogens with one attached hydrogen (secondary N) is 1. The first kappa shape index (κ1) is 10.7. The minimum Gasteiger partial charge on any atom is -0.383 e. The van der Waals surface area contributed by atoms with Crippen LogP contribution in [0.2, 0.25) is 0 Å². The number of aromatic amines is 1. The highest BCUT2D eigenvalue weighted by Gasteiger charge is 2.12. The van der Waals surface area contributed by atoms with Crippen molar-refractivity contribution in [2.75, 3.05) is 12.8 Å². The standard InChI is InChI=1S/C9H15N3O2/c1-3-4-6(14-2)9-11-7(10)5-8(13)12-9/h5-6H,3-4H2,1-2H3,(H3,10,11,12,13). The molecule has 1 heterocycles. The molecule has 0 spiro atoms. The molecule has 1 atom stereocenters. The van der Waals surface area contributed by atoms with Crippen LogP contribution >= 0.6 is 0 Å². The maximum Gasteiger partial charge on any atom is 0.253 e. The van der Waals surface area contributed by atoms with Crippen LogP contribution in [0, 0.1) is 0 Å². The maximum absolute atomic E-state index is 11.1. The lowest BCUT2D eigenvalue weighted by Gasteiger charge is -2.13. The van der Waals surface area contributed by atoms with E-state index in [1.54, 1.807) is 7.11 Å². The highest BCUT2D eigenvalue weighted by Crippen LogP contribution is 2.17.